The first-order chi connectivity index (χ1) is 9.28. The van der Waals surface area contributed by atoms with Gasteiger partial charge >= 0.3 is 0 Å². The number of ether oxygens (including phenoxy) is 1. The Morgan fingerprint density at radius 3 is 2.70 bits per heavy atom. The fourth-order valence-corrected chi connectivity index (χ4v) is 5.23. The summed E-state index contributed by atoms with van der Waals surface area (Å²) in [6.07, 6.45) is 1.69. The molecule has 1 aromatic rings. The van der Waals surface area contributed by atoms with Crippen LogP contribution in [0.25, 0.3) is 0 Å². The van der Waals surface area contributed by atoms with Gasteiger partial charge in [-0.15, -0.1) is 0 Å². The fraction of sp³-hybridized carbons (Fsp3) is 0.571. The Morgan fingerprint density at radius 1 is 1.40 bits per heavy atom. The summed E-state index contributed by atoms with van der Waals surface area (Å²) < 4.78 is 33.1. The molecule has 1 aromatic carbocycles. The van der Waals surface area contributed by atoms with Crippen LogP contribution in [0.5, 0.6) is 0 Å². The van der Waals surface area contributed by atoms with Crippen LogP contribution in [0.1, 0.15) is 25.3 Å². The highest BCUT2D eigenvalue weighted by Crippen LogP contribution is 2.31. The molecule has 0 amide bonds. The molecule has 0 radical (unpaired) electrons. The number of halogens is 1. The van der Waals surface area contributed by atoms with Gasteiger partial charge in [-0.05, 0) is 60.3 Å². The summed E-state index contributed by atoms with van der Waals surface area (Å²) in [5.41, 5.74) is 0.624. The molecule has 2 rings (SSSR count). The van der Waals surface area contributed by atoms with E-state index >= 15 is 0 Å². The molecule has 1 heterocycles. The second-order valence-electron chi connectivity index (χ2n) is 5.53. The van der Waals surface area contributed by atoms with Gasteiger partial charge in [0.25, 0.3) is 0 Å². The van der Waals surface area contributed by atoms with Crippen molar-refractivity contribution in [3.63, 3.8) is 0 Å². The predicted molar refractivity (Wildman–Crippen MR) is 82.3 cm³/mol. The molecule has 0 spiro atoms. The second kappa shape index (κ2) is 5.75. The van der Waals surface area contributed by atoms with Gasteiger partial charge < -0.3 is 4.74 Å². The van der Waals surface area contributed by atoms with Gasteiger partial charge in [-0.25, -0.2) is 8.42 Å². The van der Waals surface area contributed by atoms with E-state index in [0.717, 1.165) is 18.4 Å². The SMILES string of the molecule is COC1(C)CCCN(S(=O)(=O)c2ccc(C)cc2Br)C1. The minimum atomic E-state index is -3.48. The third-order valence-electron chi connectivity index (χ3n) is 3.82. The van der Waals surface area contributed by atoms with Crippen LogP contribution in [0.3, 0.4) is 0 Å². The van der Waals surface area contributed by atoms with Crippen molar-refractivity contribution in [1.82, 2.24) is 4.31 Å². The zero-order valence-electron chi connectivity index (χ0n) is 12.0. The van der Waals surface area contributed by atoms with Gasteiger partial charge in [-0.1, -0.05) is 6.07 Å². The van der Waals surface area contributed by atoms with E-state index in [0.29, 0.717) is 22.5 Å². The van der Waals surface area contributed by atoms with E-state index in [2.05, 4.69) is 15.9 Å². The molecule has 1 atom stereocenters. The van der Waals surface area contributed by atoms with Crippen LogP contribution in [-0.2, 0) is 14.8 Å². The number of nitrogens with zero attached hydrogens (tertiary/aromatic N) is 1. The molecule has 4 nitrogen and oxygen atoms in total. The van der Waals surface area contributed by atoms with Crippen LogP contribution < -0.4 is 0 Å². The Labute approximate surface area is 129 Å². The molecule has 1 unspecified atom stereocenters. The average molecular weight is 362 g/mol. The van der Waals surface area contributed by atoms with Crippen LogP contribution in [0, 0.1) is 6.92 Å². The lowest BCUT2D eigenvalue weighted by Crippen LogP contribution is -2.49. The lowest BCUT2D eigenvalue weighted by molar-refractivity contribution is -0.0319. The molecular weight excluding hydrogens is 342 g/mol. The van der Waals surface area contributed by atoms with E-state index in [4.69, 9.17) is 4.74 Å². The quantitative estimate of drug-likeness (QED) is 0.831. The van der Waals surface area contributed by atoms with E-state index in [-0.39, 0.29) is 0 Å². The van der Waals surface area contributed by atoms with Crippen molar-refractivity contribution in [1.29, 1.82) is 0 Å². The lowest BCUT2D eigenvalue weighted by Gasteiger charge is -2.38. The predicted octanol–water partition coefficient (Wildman–Crippen LogP) is 2.95. The van der Waals surface area contributed by atoms with Gasteiger partial charge in [0, 0.05) is 24.7 Å². The smallest absolute Gasteiger partial charge is 0.244 e. The highest BCUT2D eigenvalue weighted by molar-refractivity contribution is 9.10. The summed E-state index contributed by atoms with van der Waals surface area (Å²) >= 11 is 3.36. The first-order valence-electron chi connectivity index (χ1n) is 6.60. The molecule has 112 valence electrons. The second-order valence-corrected chi connectivity index (χ2v) is 8.29. The monoisotopic (exact) mass is 361 g/mol. The summed E-state index contributed by atoms with van der Waals surface area (Å²) in [5.74, 6) is 0. The van der Waals surface area contributed by atoms with Crippen molar-refractivity contribution < 1.29 is 13.2 Å². The van der Waals surface area contributed by atoms with Crippen LogP contribution in [0.4, 0.5) is 0 Å². The van der Waals surface area contributed by atoms with E-state index < -0.39 is 15.6 Å². The number of methoxy groups -OCH3 is 1. The summed E-state index contributed by atoms with van der Waals surface area (Å²) in [6.45, 7) is 4.83. The maximum absolute atomic E-state index is 12.8. The molecule has 6 heteroatoms. The lowest BCUT2D eigenvalue weighted by atomic mass is 9.96. The standard InChI is InChI=1S/C14H20BrNO3S/c1-11-5-6-13(12(15)9-11)20(17,18)16-8-4-7-14(2,10-16)19-3/h5-6,9H,4,7-8,10H2,1-3H3. The van der Waals surface area contributed by atoms with Crippen LogP contribution in [-0.4, -0.2) is 38.5 Å². The number of hydrogen-bond acceptors (Lipinski definition) is 3. The number of benzene rings is 1. The van der Waals surface area contributed by atoms with Crippen LogP contribution >= 0.6 is 15.9 Å². The minimum Gasteiger partial charge on any atom is -0.377 e. The zero-order chi connectivity index (χ0) is 15.0. The first-order valence-corrected chi connectivity index (χ1v) is 8.83. The maximum atomic E-state index is 12.8. The van der Waals surface area contributed by atoms with Gasteiger partial charge in [-0.2, -0.15) is 4.31 Å². The van der Waals surface area contributed by atoms with Crippen molar-refractivity contribution in [3.05, 3.63) is 28.2 Å². The minimum absolute atomic E-state index is 0.323. The average Bonchev–Trinajstić information content (AvgIpc) is 2.38. The molecule has 1 aliphatic rings. The Balaban J connectivity index is 2.35. The maximum Gasteiger partial charge on any atom is 0.244 e. The molecule has 0 saturated carbocycles. The third kappa shape index (κ3) is 3.08. The Hall–Kier alpha value is -0.430. The topological polar surface area (TPSA) is 46.6 Å². The van der Waals surface area contributed by atoms with E-state index in [1.165, 1.54) is 4.31 Å². The largest absolute Gasteiger partial charge is 0.377 e. The summed E-state index contributed by atoms with van der Waals surface area (Å²) in [5, 5.41) is 0. The normalized spacial score (nSPS) is 24.8. The highest BCUT2D eigenvalue weighted by atomic mass is 79.9. The van der Waals surface area contributed by atoms with Crippen LogP contribution in [0.15, 0.2) is 27.6 Å². The van der Waals surface area contributed by atoms with Gasteiger partial charge in [0.05, 0.1) is 10.5 Å². The summed E-state index contributed by atoms with van der Waals surface area (Å²) in [6, 6.07) is 5.30. The van der Waals surface area contributed by atoms with E-state index in [1.54, 1.807) is 13.2 Å². The third-order valence-corrected chi connectivity index (χ3v) is 6.64. The van der Waals surface area contributed by atoms with Gasteiger partial charge in [0.15, 0.2) is 0 Å². The number of aryl methyl sites for hydroxylation is 1. The number of piperidine rings is 1. The molecule has 1 saturated heterocycles. The Morgan fingerprint density at radius 2 is 2.10 bits per heavy atom. The van der Waals surface area contributed by atoms with Crippen molar-refractivity contribution in [2.24, 2.45) is 0 Å². The number of sulfonamides is 1. The van der Waals surface area contributed by atoms with Gasteiger partial charge in [0.1, 0.15) is 0 Å². The molecule has 1 aliphatic heterocycles. The van der Waals surface area contributed by atoms with Crippen molar-refractivity contribution in [2.45, 2.75) is 37.2 Å². The zero-order valence-corrected chi connectivity index (χ0v) is 14.4. The van der Waals surface area contributed by atoms with E-state index in [1.807, 2.05) is 26.0 Å². The fourth-order valence-electron chi connectivity index (χ4n) is 2.49. The molecule has 1 fully saturated rings. The van der Waals surface area contributed by atoms with Crippen molar-refractivity contribution >= 4 is 26.0 Å². The summed E-state index contributed by atoms with van der Waals surface area (Å²) in [7, 11) is -1.85. The first kappa shape index (κ1) is 15.9. The number of hydrogen-bond donors (Lipinski definition) is 0. The van der Waals surface area contributed by atoms with E-state index in [9.17, 15) is 8.42 Å². The molecule has 0 aromatic heterocycles. The highest BCUT2D eigenvalue weighted by Gasteiger charge is 2.37. The van der Waals surface area contributed by atoms with Crippen molar-refractivity contribution in [3.8, 4) is 0 Å². The Kier molecular flexibility index (Phi) is 4.59. The molecular formula is C14H20BrNO3S. The Bertz CT molecular complexity index is 602. The van der Waals surface area contributed by atoms with Crippen molar-refractivity contribution in [2.75, 3.05) is 20.2 Å². The van der Waals surface area contributed by atoms with Gasteiger partial charge in [-0.3, -0.25) is 0 Å². The molecule has 20 heavy (non-hydrogen) atoms. The van der Waals surface area contributed by atoms with Gasteiger partial charge in [0.2, 0.25) is 10.0 Å². The number of rotatable bonds is 3. The van der Waals surface area contributed by atoms with Crippen LogP contribution in [0.2, 0.25) is 0 Å². The molecule has 0 N–H and O–H groups in total. The molecule has 0 bridgehead atoms. The molecule has 0 aliphatic carbocycles. The summed E-state index contributed by atoms with van der Waals surface area (Å²) in [4.78, 5) is 0.323.